The van der Waals surface area contributed by atoms with E-state index in [-0.39, 0.29) is 11.5 Å². The number of piperazine rings is 1. The molecular weight excluding hydrogens is 256 g/mol. The van der Waals surface area contributed by atoms with Crippen LogP contribution in [0.15, 0.2) is 24.3 Å². The fraction of sp³-hybridized carbons (Fsp3) is 0.467. The van der Waals surface area contributed by atoms with Gasteiger partial charge in [0, 0.05) is 26.7 Å². The minimum atomic E-state index is -0.924. The summed E-state index contributed by atoms with van der Waals surface area (Å²) >= 11 is 0. The molecule has 0 radical (unpaired) electrons. The van der Waals surface area contributed by atoms with Crippen LogP contribution in [0, 0.1) is 0 Å². The minimum Gasteiger partial charge on any atom is -0.478 e. The Labute approximate surface area is 118 Å². The molecule has 108 valence electrons. The Hall–Kier alpha value is -1.88. The van der Waals surface area contributed by atoms with E-state index in [1.165, 1.54) is 0 Å². The number of carbonyl (C=O) groups is 2. The van der Waals surface area contributed by atoms with Gasteiger partial charge in [-0.25, -0.2) is 4.79 Å². The number of carboxylic acids is 1. The summed E-state index contributed by atoms with van der Waals surface area (Å²) in [7, 11) is 1.82. The van der Waals surface area contributed by atoms with Crippen LogP contribution in [0.25, 0.3) is 0 Å². The van der Waals surface area contributed by atoms with E-state index in [1.807, 2.05) is 33.0 Å². The van der Waals surface area contributed by atoms with Crippen LogP contribution < -0.4 is 0 Å². The number of carboxylic acid groups (broad SMARTS) is 1. The molecule has 0 aliphatic carbocycles. The zero-order chi connectivity index (χ0) is 14.9. The van der Waals surface area contributed by atoms with Gasteiger partial charge in [-0.05, 0) is 31.5 Å². The third-order valence-electron chi connectivity index (χ3n) is 3.94. The lowest BCUT2D eigenvalue weighted by Crippen LogP contribution is -2.61. The second kappa shape index (κ2) is 5.25. The van der Waals surface area contributed by atoms with Gasteiger partial charge in [0.1, 0.15) is 0 Å². The van der Waals surface area contributed by atoms with Crippen molar-refractivity contribution in [2.45, 2.75) is 25.9 Å². The molecule has 0 bridgehead atoms. The van der Waals surface area contributed by atoms with Crippen molar-refractivity contribution in [3.63, 3.8) is 0 Å². The maximum atomic E-state index is 12.2. The molecular formula is C15H20N2O3. The number of aromatic carboxylic acids is 1. The van der Waals surface area contributed by atoms with E-state index >= 15 is 0 Å². The molecule has 0 aromatic heterocycles. The molecule has 20 heavy (non-hydrogen) atoms. The molecule has 0 saturated carbocycles. The molecule has 1 aliphatic heterocycles. The van der Waals surface area contributed by atoms with Gasteiger partial charge in [0.05, 0.1) is 11.1 Å². The van der Waals surface area contributed by atoms with E-state index in [0.717, 1.165) is 18.7 Å². The third-order valence-corrected chi connectivity index (χ3v) is 3.94. The zero-order valence-corrected chi connectivity index (χ0v) is 12.1. The number of hydrogen-bond donors (Lipinski definition) is 1. The SMILES string of the molecule is CN1CCN(Cc2ccc(C(=O)O)cc2)C(C)(C)C1=O. The quantitative estimate of drug-likeness (QED) is 0.907. The summed E-state index contributed by atoms with van der Waals surface area (Å²) in [5, 5.41) is 8.88. The van der Waals surface area contributed by atoms with E-state index < -0.39 is 11.5 Å². The van der Waals surface area contributed by atoms with Gasteiger partial charge >= 0.3 is 5.97 Å². The lowest BCUT2D eigenvalue weighted by Gasteiger charge is -2.44. The van der Waals surface area contributed by atoms with Crippen LogP contribution in [-0.4, -0.2) is 52.5 Å². The maximum Gasteiger partial charge on any atom is 0.335 e. The molecule has 1 fully saturated rings. The lowest BCUT2D eigenvalue weighted by atomic mass is 9.97. The molecule has 1 amide bonds. The Morgan fingerprint density at radius 1 is 1.25 bits per heavy atom. The van der Waals surface area contributed by atoms with Crippen molar-refractivity contribution in [2.75, 3.05) is 20.1 Å². The van der Waals surface area contributed by atoms with Crippen LogP contribution in [-0.2, 0) is 11.3 Å². The van der Waals surface area contributed by atoms with Crippen molar-refractivity contribution in [3.05, 3.63) is 35.4 Å². The smallest absolute Gasteiger partial charge is 0.335 e. The Morgan fingerprint density at radius 2 is 1.85 bits per heavy atom. The Bertz CT molecular complexity index is 522. The van der Waals surface area contributed by atoms with Crippen molar-refractivity contribution < 1.29 is 14.7 Å². The zero-order valence-electron chi connectivity index (χ0n) is 12.1. The monoisotopic (exact) mass is 276 g/mol. The molecule has 1 aromatic carbocycles. The lowest BCUT2D eigenvalue weighted by molar-refractivity contribution is -0.147. The van der Waals surface area contributed by atoms with Gasteiger partial charge in [-0.15, -0.1) is 0 Å². The average Bonchev–Trinajstić information content (AvgIpc) is 2.40. The van der Waals surface area contributed by atoms with E-state index in [4.69, 9.17) is 5.11 Å². The molecule has 5 heteroatoms. The van der Waals surface area contributed by atoms with E-state index in [9.17, 15) is 9.59 Å². The number of nitrogens with zero attached hydrogens (tertiary/aromatic N) is 2. The minimum absolute atomic E-state index is 0.117. The number of rotatable bonds is 3. The average molecular weight is 276 g/mol. The predicted molar refractivity (Wildman–Crippen MR) is 75.5 cm³/mol. The number of amides is 1. The Kier molecular flexibility index (Phi) is 3.81. The maximum absolute atomic E-state index is 12.2. The number of benzene rings is 1. The van der Waals surface area contributed by atoms with Crippen LogP contribution in [0.3, 0.4) is 0 Å². The second-order valence-electron chi connectivity index (χ2n) is 5.71. The highest BCUT2D eigenvalue weighted by atomic mass is 16.4. The Morgan fingerprint density at radius 3 is 2.40 bits per heavy atom. The van der Waals surface area contributed by atoms with Crippen molar-refractivity contribution in [1.29, 1.82) is 0 Å². The molecule has 1 aliphatic rings. The Balaban J connectivity index is 2.13. The molecule has 1 aromatic rings. The van der Waals surface area contributed by atoms with Crippen LogP contribution in [0.1, 0.15) is 29.8 Å². The third kappa shape index (κ3) is 2.67. The molecule has 0 unspecified atom stereocenters. The molecule has 0 spiro atoms. The molecule has 1 saturated heterocycles. The van der Waals surface area contributed by atoms with Gasteiger partial charge in [-0.3, -0.25) is 9.69 Å². The highest BCUT2D eigenvalue weighted by molar-refractivity contribution is 5.87. The van der Waals surface area contributed by atoms with Gasteiger partial charge in [-0.2, -0.15) is 0 Å². The summed E-state index contributed by atoms with van der Waals surface area (Å²) in [4.78, 5) is 26.9. The van der Waals surface area contributed by atoms with E-state index in [0.29, 0.717) is 6.54 Å². The number of likely N-dealkylation sites (N-methyl/N-ethyl adjacent to an activating group) is 1. The van der Waals surface area contributed by atoms with Gasteiger partial charge in [-0.1, -0.05) is 12.1 Å². The first-order chi connectivity index (χ1) is 9.32. The largest absolute Gasteiger partial charge is 0.478 e. The number of hydrogen-bond acceptors (Lipinski definition) is 3. The van der Waals surface area contributed by atoms with Crippen LogP contribution in [0.2, 0.25) is 0 Å². The summed E-state index contributed by atoms with van der Waals surface area (Å²) in [6.45, 7) is 6.03. The topological polar surface area (TPSA) is 60.9 Å². The predicted octanol–water partition coefficient (Wildman–Crippen LogP) is 1.44. The first kappa shape index (κ1) is 14.5. The van der Waals surface area contributed by atoms with Crippen molar-refractivity contribution in [1.82, 2.24) is 9.80 Å². The van der Waals surface area contributed by atoms with Gasteiger partial charge < -0.3 is 10.0 Å². The summed E-state index contributed by atoms with van der Waals surface area (Å²) in [6, 6.07) is 6.82. The number of carbonyl (C=O) groups excluding carboxylic acids is 1. The molecule has 5 nitrogen and oxygen atoms in total. The van der Waals surface area contributed by atoms with Gasteiger partial charge in [0.25, 0.3) is 0 Å². The first-order valence-corrected chi connectivity index (χ1v) is 6.65. The first-order valence-electron chi connectivity index (χ1n) is 6.65. The molecule has 1 heterocycles. The fourth-order valence-electron chi connectivity index (χ4n) is 2.50. The second-order valence-corrected chi connectivity index (χ2v) is 5.71. The highest BCUT2D eigenvalue weighted by Gasteiger charge is 2.40. The summed E-state index contributed by atoms with van der Waals surface area (Å²) in [6.07, 6.45) is 0. The normalized spacial score (nSPS) is 19.1. The van der Waals surface area contributed by atoms with Crippen molar-refractivity contribution in [2.24, 2.45) is 0 Å². The van der Waals surface area contributed by atoms with Crippen LogP contribution >= 0.6 is 0 Å². The van der Waals surface area contributed by atoms with Gasteiger partial charge in [0.15, 0.2) is 0 Å². The summed E-state index contributed by atoms with van der Waals surface area (Å²) < 4.78 is 0. The van der Waals surface area contributed by atoms with Gasteiger partial charge in [0.2, 0.25) is 5.91 Å². The van der Waals surface area contributed by atoms with Crippen molar-refractivity contribution >= 4 is 11.9 Å². The van der Waals surface area contributed by atoms with E-state index in [1.54, 1.807) is 17.0 Å². The van der Waals surface area contributed by atoms with E-state index in [2.05, 4.69) is 4.90 Å². The van der Waals surface area contributed by atoms with Crippen LogP contribution in [0.5, 0.6) is 0 Å². The molecule has 1 N–H and O–H groups in total. The summed E-state index contributed by atoms with van der Waals surface area (Å²) in [5.74, 6) is -0.808. The standard InChI is InChI=1S/C15H20N2O3/c1-15(2)14(20)16(3)8-9-17(15)10-11-4-6-12(7-5-11)13(18)19/h4-7H,8-10H2,1-3H3,(H,18,19). The molecule has 0 atom stereocenters. The van der Waals surface area contributed by atoms with Crippen LogP contribution in [0.4, 0.5) is 0 Å². The fourth-order valence-corrected chi connectivity index (χ4v) is 2.50. The summed E-state index contributed by atoms with van der Waals surface area (Å²) in [5.41, 5.74) is 0.765. The van der Waals surface area contributed by atoms with Crippen molar-refractivity contribution in [3.8, 4) is 0 Å². The molecule has 2 rings (SSSR count). The highest BCUT2D eigenvalue weighted by Crippen LogP contribution is 2.23.